The first-order valence-electron chi connectivity index (χ1n) is 7.61. The number of halogens is 1. The third-order valence-corrected chi connectivity index (χ3v) is 4.69. The van der Waals surface area contributed by atoms with Gasteiger partial charge >= 0.3 is 6.09 Å². The van der Waals surface area contributed by atoms with Crippen molar-refractivity contribution in [2.24, 2.45) is 0 Å². The normalized spacial score (nSPS) is 23.5. The second-order valence-electron chi connectivity index (χ2n) is 6.86. The van der Waals surface area contributed by atoms with Crippen LogP contribution in [0.15, 0.2) is 11.2 Å². The molecule has 1 aromatic rings. The molecule has 23 heavy (non-hydrogen) atoms. The molecule has 6 nitrogen and oxygen atoms in total. The molecule has 126 valence electrons. The summed E-state index contributed by atoms with van der Waals surface area (Å²) in [5, 5.41) is 0.349. The lowest BCUT2D eigenvalue weighted by molar-refractivity contribution is 0.0214. The van der Waals surface area contributed by atoms with Crippen molar-refractivity contribution in [3.63, 3.8) is 0 Å². The topological polar surface area (TPSA) is 58.6 Å². The second kappa shape index (κ2) is 5.81. The van der Waals surface area contributed by atoms with Gasteiger partial charge in [-0.1, -0.05) is 0 Å². The highest BCUT2D eigenvalue weighted by molar-refractivity contribution is 7.98. The van der Waals surface area contributed by atoms with Crippen LogP contribution in [-0.2, 0) is 4.74 Å². The van der Waals surface area contributed by atoms with Gasteiger partial charge < -0.3 is 14.5 Å². The van der Waals surface area contributed by atoms with Crippen molar-refractivity contribution in [1.82, 2.24) is 14.9 Å². The van der Waals surface area contributed by atoms with Crippen molar-refractivity contribution in [1.29, 1.82) is 0 Å². The van der Waals surface area contributed by atoms with E-state index < -0.39 is 11.4 Å². The maximum atomic E-state index is 13.5. The highest BCUT2D eigenvalue weighted by Gasteiger charge is 2.47. The van der Waals surface area contributed by atoms with Gasteiger partial charge in [0.05, 0.1) is 18.3 Å². The van der Waals surface area contributed by atoms with Crippen molar-refractivity contribution in [3.05, 3.63) is 12.0 Å². The Hall–Kier alpha value is -1.57. The Morgan fingerprint density at radius 2 is 2.13 bits per heavy atom. The number of carbonyl (C=O) groups is 1. The maximum absolute atomic E-state index is 13.5. The lowest BCUT2D eigenvalue weighted by Crippen LogP contribution is -2.50. The second-order valence-corrected chi connectivity index (χ2v) is 7.65. The van der Waals surface area contributed by atoms with Crippen LogP contribution in [0.1, 0.15) is 27.2 Å². The molecule has 0 spiro atoms. The Labute approximate surface area is 139 Å². The number of thioether (sulfide) groups is 1. The average Bonchev–Trinajstić information content (AvgIpc) is 3.06. The Bertz CT molecular complexity index is 622. The van der Waals surface area contributed by atoms with E-state index in [0.29, 0.717) is 24.1 Å². The summed E-state index contributed by atoms with van der Waals surface area (Å²) in [6, 6.07) is 0.258. The summed E-state index contributed by atoms with van der Waals surface area (Å²) in [5.41, 5.74) is -0.494. The van der Waals surface area contributed by atoms with E-state index in [-0.39, 0.29) is 18.2 Å². The van der Waals surface area contributed by atoms with Gasteiger partial charge in [0, 0.05) is 13.1 Å². The van der Waals surface area contributed by atoms with E-state index in [2.05, 4.69) is 14.9 Å². The maximum Gasteiger partial charge on any atom is 0.410 e. The largest absolute Gasteiger partial charge is 0.444 e. The molecule has 8 heteroatoms. The zero-order valence-electron chi connectivity index (χ0n) is 13.7. The van der Waals surface area contributed by atoms with Crippen LogP contribution in [0, 0.1) is 5.82 Å². The molecule has 2 bridgehead atoms. The quantitative estimate of drug-likeness (QED) is 0.609. The molecule has 2 fully saturated rings. The zero-order valence-corrected chi connectivity index (χ0v) is 14.6. The van der Waals surface area contributed by atoms with Crippen LogP contribution in [0.5, 0.6) is 0 Å². The number of fused-ring (bicyclic) bond motifs is 2. The smallest absolute Gasteiger partial charge is 0.410 e. The van der Waals surface area contributed by atoms with Gasteiger partial charge in [-0.25, -0.2) is 19.2 Å². The third kappa shape index (κ3) is 3.22. The number of amides is 1. The van der Waals surface area contributed by atoms with Gasteiger partial charge in [-0.2, -0.15) is 0 Å². The molecule has 2 saturated heterocycles. The summed E-state index contributed by atoms with van der Waals surface area (Å²) in [4.78, 5) is 24.5. The zero-order chi connectivity index (χ0) is 16.8. The molecule has 3 heterocycles. The van der Waals surface area contributed by atoms with Crippen LogP contribution in [0.3, 0.4) is 0 Å². The van der Waals surface area contributed by atoms with E-state index in [1.807, 2.05) is 20.8 Å². The lowest BCUT2D eigenvalue weighted by atomic mass is 10.2. The monoisotopic (exact) mass is 340 g/mol. The van der Waals surface area contributed by atoms with Crippen LogP contribution < -0.4 is 4.90 Å². The predicted octanol–water partition coefficient (Wildman–Crippen LogP) is 2.54. The van der Waals surface area contributed by atoms with Crippen LogP contribution in [0.25, 0.3) is 0 Å². The minimum atomic E-state index is -0.494. The highest BCUT2D eigenvalue weighted by Crippen LogP contribution is 2.34. The van der Waals surface area contributed by atoms with E-state index >= 15 is 0 Å². The van der Waals surface area contributed by atoms with Crippen molar-refractivity contribution < 1.29 is 13.9 Å². The fraction of sp³-hybridized carbons (Fsp3) is 0.667. The van der Waals surface area contributed by atoms with Gasteiger partial charge in [0.25, 0.3) is 0 Å². The third-order valence-electron chi connectivity index (χ3n) is 4.02. The summed E-state index contributed by atoms with van der Waals surface area (Å²) < 4.78 is 19.0. The first-order chi connectivity index (χ1) is 10.8. The summed E-state index contributed by atoms with van der Waals surface area (Å²) in [5.74, 6) is 0.132. The van der Waals surface area contributed by atoms with Gasteiger partial charge in [-0.05, 0) is 33.4 Å². The molecular formula is C15H21FN4O2S. The Balaban J connectivity index is 1.70. The minimum Gasteiger partial charge on any atom is -0.444 e. The average molecular weight is 340 g/mol. The molecule has 2 aliphatic rings. The van der Waals surface area contributed by atoms with E-state index in [1.165, 1.54) is 18.0 Å². The summed E-state index contributed by atoms with van der Waals surface area (Å²) in [7, 11) is 0. The molecule has 0 saturated carbocycles. The number of hydrogen-bond acceptors (Lipinski definition) is 6. The number of anilines is 1. The molecule has 0 radical (unpaired) electrons. The fourth-order valence-corrected chi connectivity index (χ4v) is 3.50. The van der Waals surface area contributed by atoms with E-state index in [4.69, 9.17) is 4.74 Å². The summed E-state index contributed by atoms with van der Waals surface area (Å²) in [6.45, 7) is 6.84. The SMILES string of the molecule is CSc1nc(N2C[C@@H]3C[C@H]2CN3C(=O)OC(C)(C)C)ncc1F. The number of ether oxygens (including phenoxy) is 1. The van der Waals surface area contributed by atoms with Crippen molar-refractivity contribution in [3.8, 4) is 0 Å². The molecular weight excluding hydrogens is 319 g/mol. The van der Waals surface area contributed by atoms with Gasteiger partial charge in [0.2, 0.25) is 5.95 Å². The molecule has 0 N–H and O–H groups in total. The van der Waals surface area contributed by atoms with E-state index in [1.54, 1.807) is 11.2 Å². The number of carbonyl (C=O) groups excluding carboxylic acids is 1. The van der Waals surface area contributed by atoms with E-state index in [9.17, 15) is 9.18 Å². The number of aromatic nitrogens is 2. The molecule has 3 rings (SSSR count). The van der Waals surface area contributed by atoms with E-state index in [0.717, 1.165) is 6.42 Å². The van der Waals surface area contributed by atoms with Crippen LogP contribution in [-0.4, -0.2) is 58.0 Å². The molecule has 0 aliphatic carbocycles. The molecule has 0 unspecified atom stereocenters. The highest BCUT2D eigenvalue weighted by atomic mass is 32.2. The molecule has 1 aromatic heterocycles. The molecule has 2 atom stereocenters. The van der Waals surface area contributed by atoms with Crippen LogP contribution in [0.4, 0.5) is 15.1 Å². The van der Waals surface area contributed by atoms with Gasteiger partial charge in [-0.15, -0.1) is 11.8 Å². The number of nitrogens with zero attached hydrogens (tertiary/aromatic N) is 4. The van der Waals surface area contributed by atoms with Crippen molar-refractivity contribution in [2.75, 3.05) is 24.2 Å². The Morgan fingerprint density at radius 1 is 1.39 bits per heavy atom. The number of hydrogen-bond donors (Lipinski definition) is 0. The standard InChI is InChI=1S/C15H21FN4O2S/c1-15(2,3)22-14(21)20-8-9-5-10(20)7-19(9)13-17-6-11(16)12(18-13)23-4/h6,9-10H,5,7-8H2,1-4H3/t9-,10-/m0/s1. The Morgan fingerprint density at radius 3 is 2.70 bits per heavy atom. The van der Waals surface area contributed by atoms with Gasteiger partial charge in [-0.3, -0.25) is 0 Å². The van der Waals surface area contributed by atoms with Crippen LogP contribution >= 0.6 is 11.8 Å². The van der Waals surface area contributed by atoms with Crippen LogP contribution in [0.2, 0.25) is 0 Å². The fourth-order valence-electron chi connectivity index (χ4n) is 3.08. The predicted molar refractivity (Wildman–Crippen MR) is 86.3 cm³/mol. The summed E-state index contributed by atoms with van der Waals surface area (Å²) >= 11 is 1.26. The van der Waals surface area contributed by atoms with Crippen molar-refractivity contribution in [2.45, 2.75) is 49.9 Å². The first-order valence-corrected chi connectivity index (χ1v) is 8.84. The lowest BCUT2D eigenvalue weighted by Gasteiger charge is -2.35. The van der Waals surface area contributed by atoms with Gasteiger partial charge in [0.1, 0.15) is 10.6 Å². The number of piperazine rings is 1. The van der Waals surface area contributed by atoms with Crippen molar-refractivity contribution >= 4 is 23.8 Å². The molecule has 1 amide bonds. The van der Waals surface area contributed by atoms with Gasteiger partial charge in [0.15, 0.2) is 5.82 Å². The summed E-state index contributed by atoms with van der Waals surface area (Å²) in [6.07, 6.45) is 3.60. The first kappa shape index (κ1) is 16.3. The molecule has 0 aromatic carbocycles. The number of rotatable bonds is 2. The Kier molecular flexibility index (Phi) is 4.12. The number of likely N-dealkylation sites (tertiary alicyclic amines) is 1. The minimum absolute atomic E-state index is 0.0984. The molecule has 2 aliphatic heterocycles.